The van der Waals surface area contributed by atoms with Crippen molar-refractivity contribution in [1.82, 2.24) is 15.5 Å². The first-order valence-electron chi connectivity index (χ1n) is 10.2. The fourth-order valence-electron chi connectivity index (χ4n) is 3.71. The molecular formula is C22H27F2N3O2S. The van der Waals surface area contributed by atoms with Gasteiger partial charge >= 0.3 is 0 Å². The van der Waals surface area contributed by atoms with Gasteiger partial charge in [0.2, 0.25) is 5.91 Å². The summed E-state index contributed by atoms with van der Waals surface area (Å²) in [5.41, 5.74) is -0.676. The second-order valence-corrected chi connectivity index (χ2v) is 8.79. The van der Waals surface area contributed by atoms with Crippen LogP contribution in [0.5, 0.6) is 0 Å². The average molecular weight is 436 g/mol. The minimum absolute atomic E-state index is 0.0731. The second kappa shape index (κ2) is 10.1. The van der Waals surface area contributed by atoms with Gasteiger partial charge in [-0.3, -0.25) is 14.5 Å². The Bertz CT molecular complexity index is 847. The molecule has 0 radical (unpaired) electrons. The van der Waals surface area contributed by atoms with E-state index in [1.54, 1.807) is 25.2 Å². The summed E-state index contributed by atoms with van der Waals surface area (Å²) in [7, 11) is 0. The lowest BCUT2D eigenvalue weighted by Crippen LogP contribution is -2.51. The molecule has 0 aliphatic carbocycles. The quantitative estimate of drug-likeness (QED) is 0.664. The summed E-state index contributed by atoms with van der Waals surface area (Å²) in [6.45, 7) is 5.93. The zero-order valence-corrected chi connectivity index (χ0v) is 18.0. The van der Waals surface area contributed by atoms with Gasteiger partial charge in [0.1, 0.15) is 23.2 Å². The molecule has 0 saturated carbocycles. The normalized spacial score (nSPS) is 16.4. The molecule has 2 heterocycles. The van der Waals surface area contributed by atoms with Gasteiger partial charge < -0.3 is 10.6 Å². The number of likely N-dealkylation sites (tertiary alicyclic amines) is 1. The van der Waals surface area contributed by atoms with Crippen LogP contribution in [0.4, 0.5) is 8.78 Å². The SMILES string of the molecule is CC(C)[C@@H](NC(=O)c1c(F)cccc1F)C(=O)NC[C@@H](c1cccs1)N1CCCC1. The number of thiophene rings is 1. The Morgan fingerprint density at radius 1 is 1.10 bits per heavy atom. The Morgan fingerprint density at radius 2 is 1.77 bits per heavy atom. The van der Waals surface area contributed by atoms with Gasteiger partial charge in [-0.1, -0.05) is 26.0 Å². The summed E-state index contributed by atoms with van der Waals surface area (Å²) < 4.78 is 27.9. The van der Waals surface area contributed by atoms with Crippen LogP contribution in [0.3, 0.4) is 0 Å². The lowest BCUT2D eigenvalue weighted by atomic mass is 10.0. The van der Waals surface area contributed by atoms with Crippen LogP contribution >= 0.6 is 11.3 Å². The Hall–Kier alpha value is -2.32. The van der Waals surface area contributed by atoms with E-state index in [0.717, 1.165) is 38.1 Å². The van der Waals surface area contributed by atoms with Crippen molar-refractivity contribution in [3.8, 4) is 0 Å². The molecule has 1 saturated heterocycles. The number of hydrogen-bond donors (Lipinski definition) is 2. The van der Waals surface area contributed by atoms with E-state index < -0.39 is 29.1 Å². The number of nitrogens with zero attached hydrogens (tertiary/aromatic N) is 1. The molecule has 1 aromatic carbocycles. The summed E-state index contributed by atoms with van der Waals surface area (Å²) in [5.74, 6) is -3.47. The van der Waals surface area contributed by atoms with Gasteiger partial charge in [-0.2, -0.15) is 0 Å². The van der Waals surface area contributed by atoms with Gasteiger partial charge in [-0.15, -0.1) is 11.3 Å². The minimum atomic E-state index is -0.956. The third kappa shape index (κ3) is 5.23. The first kappa shape index (κ1) is 22.4. The first-order valence-corrected chi connectivity index (χ1v) is 11.1. The van der Waals surface area contributed by atoms with Crippen molar-refractivity contribution in [2.24, 2.45) is 5.92 Å². The number of rotatable bonds is 8. The van der Waals surface area contributed by atoms with Crippen LogP contribution in [0, 0.1) is 17.6 Å². The topological polar surface area (TPSA) is 61.4 Å². The first-order chi connectivity index (χ1) is 14.4. The van der Waals surface area contributed by atoms with Crippen molar-refractivity contribution < 1.29 is 18.4 Å². The van der Waals surface area contributed by atoms with E-state index in [1.165, 1.54) is 10.9 Å². The van der Waals surface area contributed by atoms with Gasteiger partial charge in [0, 0.05) is 11.4 Å². The fraction of sp³-hybridized carbons (Fsp3) is 0.455. The lowest BCUT2D eigenvalue weighted by molar-refractivity contribution is -0.124. The van der Waals surface area contributed by atoms with E-state index >= 15 is 0 Å². The Labute approximate surface area is 179 Å². The largest absolute Gasteiger partial charge is 0.352 e. The molecule has 8 heteroatoms. The van der Waals surface area contributed by atoms with Crippen LogP contribution in [0.15, 0.2) is 35.7 Å². The molecule has 0 unspecified atom stereocenters. The molecule has 162 valence electrons. The molecule has 0 bridgehead atoms. The van der Waals surface area contributed by atoms with E-state index in [0.29, 0.717) is 6.54 Å². The predicted molar refractivity (Wildman–Crippen MR) is 113 cm³/mol. The van der Waals surface area contributed by atoms with E-state index in [1.807, 2.05) is 11.4 Å². The zero-order chi connectivity index (χ0) is 21.7. The van der Waals surface area contributed by atoms with E-state index in [9.17, 15) is 18.4 Å². The van der Waals surface area contributed by atoms with Crippen molar-refractivity contribution in [1.29, 1.82) is 0 Å². The minimum Gasteiger partial charge on any atom is -0.352 e. The van der Waals surface area contributed by atoms with E-state index in [-0.39, 0.29) is 17.9 Å². The van der Waals surface area contributed by atoms with Crippen LogP contribution in [0.25, 0.3) is 0 Å². The van der Waals surface area contributed by atoms with E-state index in [2.05, 4.69) is 21.6 Å². The third-order valence-corrected chi connectivity index (χ3v) is 6.32. The molecule has 1 aliphatic rings. The molecule has 2 N–H and O–H groups in total. The van der Waals surface area contributed by atoms with Crippen molar-refractivity contribution in [2.45, 2.75) is 38.8 Å². The van der Waals surface area contributed by atoms with Gasteiger partial charge in [0.05, 0.1) is 6.04 Å². The molecular weight excluding hydrogens is 408 g/mol. The number of halogens is 2. The highest BCUT2D eigenvalue weighted by molar-refractivity contribution is 7.10. The molecule has 2 aromatic rings. The molecule has 1 aromatic heterocycles. The monoisotopic (exact) mass is 435 g/mol. The zero-order valence-electron chi connectivity index (χ0n) is 17.2. The summed E-state index contributed by atoms with van der Waals surface area (Å²) in [6, 6.07) is 6.45. The summed E-state index contributed by atoms with van der Waals surface area (Å²) >= 11 is 1.65. The van der Waals surface area contributed by atoms with E-state index in [4.69, 9.17) is 0 Å². The number of carbonyl (C=O) groups excluding carboxylic acids is 2. The van der Waals surface area contributed by atoms with Gasteiger partial charge in [0.15, 0.2) is 0 Å². The average Bonchev–Trinajstić information content (AvgIpc) is 3.40. The number of nitrogens with one attached hydrogen (secondary N) is 2. The van der Waals surface area contributed by atoms with Gasteiger partial charge in [0.25, 0.3) is 5.91 Å². The molecule has 1 aliphatic heterocycles. The van der Waals surface area contributed by atoms with Crippen LogP contribution in [0.1, 0.15) is 48.0 Å². The van der Waals surface area contributed by atoms with Crippen molar-refractivity contribution >= 4 is 23.2 Å². The van der Waals surface area contributed by atoms with Gasteiger partial charge in [-0.05, 0) is 55.4 Å². The molecule has 5 nitrogen and oxygen atoms in total. The smallest absolute Gasteiger partial charge is 0.257 e. The van der Waals surface area contributed by atoms with Crippen LogP contribution in [-0.4, -0.2) is 42.4 Å². The number of amides is 2. The summed E-state index contributed by atoms with van der Waals surface area (Å²) in [4.78, 5) is 28.9. The standard InChI is InChI=1S/C22H27F2N3O2S/c1-14(2)20(26-21(28)19-15(23)7-5-8-16(19)24)22(29)25-13-17(18-9-6-12-30-18)27-10-3-4-11-27/h5-9,12,14,17,20H,3-4,10-11,13H2,1-2H3,(H,25,29)(H,26,28)/t17-,20+/m0/s1. The van der Waals surface area contributed by atoms with Crippen LogP contribution in [0.2, 0.25) is 0 Å². The molecule has 0 spiro atoms. The molecule has 2 amide bonds. The van der Waals surface area contributed by atoms with Crippen LogP contribution < -0.4 is 10.6 Å². The molecule has 30 heavy (non-hydrogen) atoms. The second-order valence-electron chi connectivity index (χ2n) is 7.81. The summed E-state index contributed by atoms with van der Waals surface area (Å²) in [5, 5.41) is 7.45. The van der Waals surface area contributed by atoms with Crippen molar-refractivity contribution in [3.05, 3.63) is 57.8 Å². The fourth-order valence-corrected chi connectivity index (χ4v) is 4.57. The Morgan fingerprint density at radius 3 is 2.33 bits per heavy atom. The molecule has 1 fully saturated rings. The van der Waals surface area contributed by atoms with Crippen molar-refractivity contribution in [2.75, 3.05) is 19.6 Å². The maximum Gasteiger partial charge on any atom is 0.257 e. The highest BCUT2D eigenvalue weighted by atomic mass is 32.1. The number of benzene rings is 1. The summed E-state index contributed by atoms with van der Waals surface area (Å²) in [6.07, 6.45) is 2.27. The van der Waals surface area contributed by atoms with Crippen LogP contribution in [-0.2, 0) is 4.79 Å². The predicted octanol–water partition coefficient (Wildman–Crippen LogP) is 3.73. The third-order valence-electron chi connectivity index (χ3n) is 5.35. The Balaban J connectivity index is 1.68. The maximum atomic E-state index is 13.9. The molecule has 3 rings (SSSR count). The number of carbonyl (C=O) groups is 2. The van der Waals surface area contributed by atoms with Gasteiger partial charge in [-0.25, -0.2) is 8.78 Å². The van der Waals surface area contributed by atoms with Crippen molar-refractivity contribution in [3.63, 3.8) is 0 Å². The highest BCUT2D eigenvalue weighted by Gasteiger charge is 2.29. The number of hydrogen-bond acceptors (Lipinski definition) is 4. The lowest BCUT2D eigenvalue weighted by Gasteiger charge is -2.28. The highest BCUT2D eigenvalue weighted by Crippen LogP contribution is 2.28. The molecule has 2 atom stereocenters. The Kier molecular flexibility index (Phi) is 7.55. The maximum absolute atomic E-state index is 13.9.